The van der Waals surface area contributed by atoms with Crippen LogP contribution >= 0.6 is 0 Å². The Kier molecular flexibility index (Phi) is 5.47. The number of ether oxygens (including phenoxy) is 1. The largest absolute Gasteiger partial charge is 0.457 e. The first-order valence-electron chi connectivity index (χ1n) is 10.6. The number of piperazine rings is 1. The highest BCUT2D eigenvalue weighted by atomic mass is 16.5. The van der Waals surface area contributed by atoms with Crippen LogP contribution in [0.3, 0.4) is 0 Å². The summed E-state index contributed by atoms with van der Waals surface area (Å²) < 4.78 is 11.5. The third-order valence-electron chi connectivity index (χ3n) is 5.75. The molecule has 4 aromatic rings. The third kappa shape index (κ3) is 4.15. The average molecular weight is 428 g/mol. The van der Waals surface area contributed by atoms with E-state index >= 15 is 0 Å². The predicted octanol–water partition coefficient (Wildman–Crippen LogP) is 4.56. The number of hydrogen-bond acceptors (Lipinski definition) is 5. The molecule has 1 fully saturated rings. The maximum absolute atomic E-state index is 12.1. The van der Waals surface area contributed by atoms with Crippen LogP contribution in [0.15, 0.2) is 83.4 Å². The number of carbonyl (C=O) groups is 1. The Balaban J connectivity index is 1.35. The molecule has 0 saturated carbocycles. The number of nitrogens with zero attached hydrogens (tertiary/aromatic N) is 3. The van der Waals surface area contributed by atoms with Crippen LogP contribution in [-0.2, 0) is 6.54 Å². The highest BCUT2D eigenvalue weighted by Crippen LogP contribution is 2.31. The van der Waals surface area contributed by atoms with Gasteiger partial charge in [-0.15, -0.1) is 0 Å². The Morgan fingerprint density at radius 3 is 2.62 bits per heavy atom. The number of amides is 2. The maximum Gasteiger partial charge on any atom is 0.315 e. The Morgan fingerprint density at radius 2 is 1.78 bits per heavy atom. The molecule has 2 N–H and O–H groups in total. The van der Waals surface area contributed by atoms with Gasteiger partial charge in [-0.3, -0.25) is 4.90 Å². The average Bonchev–Trinajstić information content (AvgIpc) is 3.24. The fraction of sp³-hybridized carbons (Fsp3) is 0.200. The number of carbonyl (C=O) groups excluding carboxylic acids is 1. The summed E-state index contributed by atoms with van der Waals surface area (Å²) in [6.07, 6.45) is 0. The van der Waals surface area contributed by atoms with Crippen LogP contribution in [0.25, 0.3) is 11.0 Å². The van der Waals surface area contributed by atoms with Crippen LogP contribution in [0.4, 0.5) is 4.79 Å². The third-order valence-corrected chi connectivity index (χ3v) is 5.75. The lowest BCUT2D eigenvalue weighted by Crippen LogP contribution is -2.52. The molecule has 7 heteroatoms. The molecule has 0 radical (unpaired) electrons. The number of nitrogens with two attached hydrogens (primary N) is 1. The van der Waals surface area contributed by atoms with E-state index in [-0.39, 0.29) is 6.04 Å². The molecule has 1 aliphatic heterocycles. The van der Waals surface area contributed by atoms with Crippen molar-refractivity contribution in [3.05, 3.63) is 90.1 Å². The Labute approximate surface area is 186 Å². The Bertz CT molecular complexity index is 1220. The first-order chi connectivity index (χ1) is 15.7. The molecule has 5 rings (SSSR count). The number of urea groups is 1. The minimum Gasteiger partial charge on any atom is -0.457 e. The Hall–Kier alpha value is -3.84. The van der Waals surface area contributed by atoms with Gasteiger partial charge in [0.1, 0.15) is 17.2 Å². The topological polar surface area (TPSA) is 84.8 Å². The van der Waals surface area contributed by atoms with E-state index in [1.165, 1.54) is 0 Å². The van der Waals surface area contributed by atoms with Crippen LogP contribution in [-0.4, -0.2) is 40.6 Å². The van der Waals surface area contributed by atoms with Crippen LogP contribution in [0.2, 0.25) is 0 Å². The van der Waals surface area contributed by atoms with Gasteiger partial charge in [-0.1, -0.05) is 47.6 Å². The van der Waals surface area contributed by atoms with Gasteiger partial charge in [-0.05, 0) is 42.0 Å². The molecular weight excluding hydrogens is 404 g/mol. The summed E-state index contributed by atoms with van der Waals surface area (Å²) >= 11 is 0. The number of aromatic nitrogens is 1. The number of primary amides is 1. The van der Waals surface area contributed by atoms with Gasteiger partial charge >= 0.3 is 6.03 Å². The monoisotopic (exact) mass is 428 g/mol. The molecule has 1 aromatic heterocycles. The van der Waals surface area contributed by atoms with Crippen molar-refractivity contribution in [2.45, 2.75) is 12.6 Å². The number of para-hydroxylation sites is 2. The van der Waals surface area contributed by atoms with E-state index in [0.717, 1.165) is 41.2 Å². The molecule has 1 aliphatic rings. The van der Waals surface area contributed by atoms with Crippen molar-refractivity contribution in [2.24, 2.45) is 5.73 Å². The van der Waals surface area contributed by atoms with Gasteiger partial charge in [-0.2, -0.15) is 0 Å². The van der Waals surface area contributed by atoms with Gasteiger partial charge in [0, 0.05) is 31.6 Å². The maximum atomic E-state index is 12.1. The standard InChI is InChI=1S/C25H24N4O3/c26-25(30)29-14-13-28(17-22(29)24-21-11-4-5-12-23(21)32-27-24)16-18-7-6-10-20(15-18)31-19-8-2-1-3-9-19/h1-12,15,22H,13-14,16-17H2,(H2,26,30). The second-order valence-electron chi connectivity index (χ2n) is 7.91. The summed E-state index contributed by atoms with van der Waals surface area (Å²) in [5.74, 6) is 1.60. The van der Waals surface area contributed by atoms with Crippen LogP contribution in [0, 0.1) is 0 Å². The van der Waals surface area contributed by atoms with Crippen molar-refractivity contribution in [1.82, 2.24) is 15.0 Å². The summed E-state index contributed by atoms with van der Waals surface area (Å²) in [7, 11) is 0. The van der Waals surface area contributed by atoms with Gasteiger partial charge in [-0.25, -0.2) is 4.79 Å². The van der Waals surface area contributed by atoms with Crippen molar-refractivity contribution in [3.63, 3.8) is 0 Å². The summed E-state index contributed by atoms with van der Waals surface area (Å²) in [6.45, 7) is 2.59. The first-order valence-corrected chi connectivity index (χ1v) is 10.6. The molecular formula is C25H24N4O3. The van der Waals surface area contributed by atoms with Gasteiger partial charge < -0.3 is 19.9 Å². The smallest absolute Gasteiger partial charge is 0.315 e. The molecule has 0 bridgehead atoms. The first kappa shape index (κ1) is 20.1. The molecule has 1 atom stereocenters. The fourth-order valence-corrected chi connectivity index (χ4v) is 4.22. The molecule has 2 amide bonds. The number of hydrogen-bond donors (Lipinski definition) is 1. The second-order valence-corrected chi connectivity index (χ2v) is 7.91. The van der Waals surface area contributed by atoms with Crippen molar-refractivity contribution >= 4 is 17.0 Å². The number of benzene rings is 3. The summed E-state index contributed by atoms with van der Waals surface area (Å²) in [5.41, 5.74) is 8.27. The lowest BCUT2D eigenvalue weighted by atomic mass is 10.0. The van der Waals surface area contributed by atoms with E-state index in [0.29, 0.717) is 18.7 Å². The van der Waals surface area contributed by atoms with E-state index in [2.05, 4.69) is 16.1 Å². The van der Waals surface area contributed by atoms with Crippen LogP contribution in [0.5, 0.6) is 11.5 Å². The molecule has 2 heterocycles. The fourth-order valence-electron chi connectivity index (χ4n) is 4.22. The summed E-state index contributed by atoms with van der Waals surface area (Å²) in [6, 6.07) is 24.8. The van der Waals surface area contributed by atoms with Gasteiger partial charge in [0.15, 0.2) is 5.58 Å². The molecule has 1 saturated heterocycles. The minimum absolute atomic E-state index is 0.270. The highest BCUT2D eigenvalue weighted by Gasteiger charge is 2.33. The lowest BCUT2D eigenvalue weighted by Gasteiger charge is -2.39. The Morgan fingerprint density at radius 1 is 1.00 bits per heavy atom. The van der Waals surface area contributed by atoms with Crippen molar-refractivity contribution < 1.29 is 14.1 Å². The molecule has 1 unspecified atom stereocenters. The van der Waals surface area contributed by atoms with Crippen molar-refractivity contribution in [3.8, 4) is 11.5 Å². The summed E-state index contributed by atoms with van der Waals surface area (Å²) in [4.78, 5) is 16.1. The minimum atomic E-state index is -0.444. The second kappa shape index (κ2) is 8.72. The predicted molar refractivity (Wildman–Crippen MR) is 121 cm³/mol. The number of fused-ring (bicyclic) bond motifs is 1. The SMILES string of the molecule is NC(=O)N1CCN(Cc2cccc(Oc3ccccc3)c2)CC1c1noc2ccccc12. The van der Waals surface area contributed by atoms with E-state index in [4.69, 9.17) is 15.0 Å². The molecule has 3 aromatic carbocycles. The van der Waals surface area contributed by atoms with Crippen LogP contribution in [0.1, 0.15) is 17.3 Å². The lowest BCUT2D eigenvalue weighted by molar-refractivity contribution is 0.0909. The van der Waals surface area contributed by atoms with E-state index < -0.39 is 6.03 Å². The van der Waals surface area contributed by atoms with Crippen molar-refractivity contribution in [2.75, 3.05) is 19.6 Å². The zero-order chi connectivity index (χ0) is 21.9. The zero-order valence-corrected chi connectivity index (χ0v) is 17.6. The highest BCUT2D eigenvalue weighted by molar-refractivity contribution is 5.81. The zero-order valence-electron chi connectivity index (χ0n) is 17.6. The molecule has 0 aliphatic carbocycles. The summed E-state index contributed by atoms with van der Waals surface area (Å²) in [5, 5.41) is 5.19. The molecule has 162 valence electrons. The molecule has 32 heavy (non-hydrogen) atoms. The molecule has 0 spiro atoms. The number of rotatable bonds is 5. The van der Waals surface area contributed by atoms with Gasteiger partial charge in [0.05, 0.1) is 6.04 Å². The van der Waals surface area contributed by atoms with Gasteiger partial charge in [0.25, 0.3) is 0 Å². The van der Waals surface area contributed by atoms with Gasteiger partial charge in [0.2, 0.25) is 0 Å². The quantitative estimate of drug-likeness (QED) is 0.504. The van der Waals surface area contributed by atoms with Crippen LogP contribution < -0.4 is 10.5 Å². The van der Waals surface area contributed by atoms with E-state index in [1.807, 2.05) is 72.8 Å². The molecule has 7 nitrogen and oxygen atoms in total. The van der Waals surface area contributed by atoms with E-state index in [9.17, 15) is 4.79 Å². The normalized spacial score (nSPS) is 16.9. The van der Waals surface area contributed by atoms with E-state index in [1.54, 1.807) is 4.90 Å². The van der Waals surface area contributed by atoms with Crippen molar-refractivity contribution in [1.29, 1.82) is 0 Å².